The number of hydrogen-bond acceptors (Lipinski definition) is 5. The van der Waals surface area contributed by atoms with E-state index in [1.165, 1.54) is 51.4 Å². The van der Waals surface area contributed by atoms with Crippen LogP contribution in [-0.4, -0.2) is 62.0 Å². The average molecular weight is 420 g/mol. The number of nitrogens with zero attached hydrogens (tertiary/aromatic N) is 1. The summed E-state index contributed by atoms with van der Waals surface area (Å²) in [5.41, 5.74) is 0. The van der Waals surface area contributed by atoms with Crippen LogP contribution in [0.15, 0.2) is 12.2 Å². The molecule has 0 aromatic carbocycles. The van der Waals surface area contributed by atoms with E-state index in [4.69, 9.17) is 14.2 Å². The second-order valence-corrected chi connectivity index (χ2v) is 9.79. The van der Waals surface area contributed by atoms with E-state index in [1.54, 1.807) is 0 Å². The normalized spacial score (nSPS) is 30.4. The lowest BCUT2D eigenvalue weighted by atomic mass is 9.77. The van der Waals surface area contributed by atoms with Crippen molar-refractivity contribution in [2.45, 2.75) is 95.4 Å². The van der Waals surface area contributed by atoms with Crippen LogP contribution in [-0.2, 0) is 19.0 Å². The number of rotatable bonds is 8. The molecule has 2 heterocycles. The first-order valence-corrected chi connectivity index (χ1v) is 12.6. The molecular weight excluding hydrogens is 378 g/mol. The molecule has 170 valence electrons. The highest BCUT2D eigenvalue weighted by Crippen LogP contribution is 2.36. The van der Waals surface area contributed by atoms with Gasteiger partial charge in [0.25, 0.3) is 0 Å². The summed E-state index contributed by atoms with van der Waals surface area (Å²) in [5.74, 6) is 1.29. The molecule has 4 aliphatic rings. The van der Waals surface area contributed by atoms with E-state index in [0.29, 0.717) is 37.8 Å². The number of esters is 1. The zero-order valence-corrected chi connectivity index (χ0v) is 18.6. The Hall–Kier alpha value is -0.910. The molecule has 2 aliphatic heterocycles. The van der Waals surface area contributed by atoms with Crippen LogP contribution < -0.4 is 0 Å². The minimum absolute atomic E-state index is 0.0257. The summed E-state index contributed by atoms with van der Waals surface area (Å²) in [4.78, 5) is 14.5. The first-order chi connectivity index (χ1) is 14.8. The third kappa shape index (κ3) is 6.54. The Morgan fingerprint density at radius 1 is 1.00 bits per heavy atom. The quantitative estimate of drug-likeness (QED) is 0.428. The lowest BCUT2D eigenvalue weighted by molar-refractivity contribution is -0.149. The summed E-state index contributed by atoms with van der Waals surface area (Å²) in [6.45, 7) is 4.14. The minimum atomic E-state index is -0.0784. The molecule has 5 nitrogen and oxygen atoms in total. The zero-order valence-electron chi connectivity index (χ0n) is 18.6. The summed E-state index contributed by atoms with van der Waals surface area (Å²) >= 11 is 0. The molecule has 2 aliphatic carbocycles. The van der Waals surface area contributed by atoms with Crippen molar-refractivity contribution in [1.82, 2.24) is 4.90 Å². The fraction of sp³-hybridized carbons (Fsp3) is 0.880. The largest absolute Gasteiger partial charge is 0.460 e. The number of piperidine rings is 1. The van der Waals surface area contributed by atoms with Crippen LogP contribution in [0.1, 0.15) is 77.0 Å². The highest BCUT2D eigenvalue weighted by molar-refractivity contribution is 5.69. The van der Waals surface area contributed by atoms with Gasteiger partial charge in [-0.05, 0) is 50.9 Å². The molecule has 3 fully saturated rings. The molecule has 0 aromatic heterocycles. The van der Waals surface area contributed by atoms with Crippen molar-refractivity contribution in [3.63, 3.8) is 0 Å². The van der Waals surface area contributed by atoms with E-state index in [0.717, 1.165) is 44.8 Å². The number of ether oxygens (including phenoxy) is 3. The predicted octanol–water partition coefficient (Wildman–Crippen LogP) is 4.49. The van der Waals surface area contributed by atoms with E-state index < -0.39 is 0 Å². The second-order valence-electron chi connectivity index (χ2n) is 9.79. The van der Waals surface area contributed by atoms with Crippen LogP contribution in [0.5, 0.6) is 0 Å². The number of carbonyl (C=O) groups is 1. The molecule has 0 N–H and O–H groups in total. The molecular formula is C25H41NO4. The maximum atomic E-state index is 12.1. The molecule has 0 radical (unpaired) electrons. The van der Waals surface area contributed by atoms with Crippen molar-refractivity contribution in [2.75, 3.05) is 32.8 Å². The van der Waals surface area contributed by atoms with Gasteiger partial charge in [0.1, 0.15) is 6.10 Å². The van der Waals surface area contributed by atoms with Gasteiger partial charge in [-0.3, -0.25) is 4.79 Å². The van der Waals surface area contributed by atoms with Crippen molar-refractivity contribution >= 4 is 5.97 Å². The van der Waals surface area contributed by atoms with Crippen LogP contribution in [0.2, 0.25) is 0 Å². The summed E-state index contributed by atoms with van der Waals surface area (Å²) < 4.78 is 17.6. The maximum absolute atomic E-state index is 12.1. The minimum Gasteiger partial charge on any atom is -0.460 e. The molecule has 30 heavy (non-hydrogen) atoms. The smallest absolute Gasteiger partial charge is 0.307 e. The second kappa shape index (κ2) is 11.6. The lowest BCUT2D eigenvalue weighted by Crippen LogP contribution is -2.42. The van der Waals surface area contributed by atoms with Gasteiger partial charge in [-0.15, -0.1) is 0 Å². The molecule has 0 bridgehead atoms. The van der Waals surface area contributed by atoms with Crippen LogP contribution in [0, 0.1) is 11.8 Å². The fourth-order valence-electron chi connectivity index (χ4n) is 5.73. The highest BCUT2D eigenvalue weighted by Gasteiger charge is 2.33. The van der Waals surface area contributed by atoms with Gasteiger partial charge in [-0.1, -0.05) is 31.4 Å². The molecule has 3 atom stereocenters. The van der Waals surface area contributed by atoms with Gasteiger partial charge in [0.2, 0.25) is 0 Å². The van der Waals surface area contributed by atoms with Crippen LogP contribution >= 0.6 is 0 Å². The first kappa shape index (κ1) is 22.3. The Balaban J connectivity index is 1.20. The topological polar surface area (TPSA) is 48.0 Å². The third-order valence-electron chi connectivity index (χ3n) is 7.53. The van der Waals surface area contributed by atoms with Gasteiger partial charge < -0.3 is 19.1 Å². The molecule has 2 saturated heterocycles. The van der Waals surface area contributed by atoms with Crippen LogP contribution in [0.25, 0.3) is 0 Å². The van der Waals surface area contributed by atoms with E-state index in [2.05, 4.69) is 17.1 Å². The Labute approximate surface area is 182 Å². The van der Waals surface area contributed by atoms with Crippen LogP contribution in [0.4, 0.5) is 0 Å². The predicted molar refractivity (Wildman–Crippen MR) is 117 cm³/mol. The van der Waals surface area contributed by atoms with Gasteiger partial charge >= 0.3 is 5.97 Å². The SMILES string of the molecule is O=C(CCN1CCC(OC(C2C=CCCC2)C2CCCCC2)CC1)OC1CCOC1. The standard InChI is InChI=1S/C25H41NO4/c27-24(29-23-14-18-28-19-23)13-17-26-15-11-22(12-16-26)30-25(20-7-3-1-4-8-20)21-9-5-2-6-10-21/h3,7,20-23,25H,1-2,4-6,8-19H2. The van der Waals surface area contributed by atoms with E-state index in [9.17, 15) is 4.79 Å². The Morgan fingerprint density at radius 3 is 2.53 bits per heavy atom. The maximum Gasteiger partial charge on any atom is 0.307 e. The molecule has 0 spiro atoms. The van der Waals surface area contributed by atoms with Gasteiger partial charge in [0, 0.05) is 32.0 Å². The van der Waals surface area contributed by atoms with Crippen molar-refractivity contribution < 1.29 is 19.0 Å². The zero-order chi connectivity index (χ0) is 20.6. The summed E-state index contributed by atoms with van der Waals surface area (Å²) in [5, 5.41) is 0. The van der Waals surface area contributed by atoms with Gasteiger partial charge in [-0.25, -0.2) is 0 Å². The van der Waals surface area contributed by atoms with Crippen molar-refractivity contribution in [3.8, 4) is 0 Å². The number of hydrogen-bond donors (Lipinski definition) is 0. The van der Waals surface area contributed by atoms with E-state index in [1.807, 2.05) is 0 Å². The summed E-state index contributed by atoms with van der Waals surface area (Å²) in [6, 6.07) is 0. The van der Waals surface area contributed by atoms with Gasteiger partial charge in [0.15, 0.2) is 0 Å². The summed E-state index contributed by atoms with van der Waals surface area (Å²) in [6.07, 6.45) is 19.8. The Kier molecular flexibility index (Phi) is 8.65. The van der Waals surface area contributed by atoms with Crippen molar-refractivity contribution in [2.24, 2.45) is 11.8 Å². The van der Waals surface area contributed by atoms with Crippen molar-refractivity contribution in [1.29, 1.82) is 0 Å². The van der Waals surface area contributed by atoms with Gasteiger partial charge in [0.05, 0.1) is 31.8 Å². The average Bonchev–Trinajstić information content (AvgIpc) is 3.31. The highest BCUT2D eigenvalue weighted by atomic mass is 16.6. The molecule has 0 aromatic rings. The van der Waals surface area contributed by atoms with Gasteiger partial charge in [-0.2, -0.15) is 0 Å². The first-order valence-electron chi connectivity index (χ1n) is 12.6. The number of carbonyl (C=O) groups excluding carboxylic acids is 1. The van der Waals surface area contributed by atoms with E-state index >= 15 is 0 Å². The third-order valence-corrected chi connectivity index (χ3v) is 7.53. The molecule has 3 unspecified atom stereocenters. The molecule has 5 heteroatoms. The summed E-state index contributed by atoms with van der Waals surface area (Å²) in [7, 11) is 0. The molecule has 4 rings (SSSR count). The van der Waals surface area contributed by atoms with Crippen molar-refractivity contribution in [3.05, 3.63) is 12.2 Å². The fourth-order valence-corrected chi connectivity index (χ4v) is 5.73. The molecule has 0 amide bonds. The lowest BCUT2D eigenvalue weighted by Gasteiger charge is -2.40. The Morgan fingerprint density at radius 2 is 1.83 bits per heavy atom. The molecule has 1 saturated carbocycles. The number of likely N-dealkylation sites (tertiary alicyclic amines) is 1. The van der Waals surface area contributed by atoms with Crippen LogP contribution in [0.3, 0.4) is 0 Å². The monoisotopic (exact) mass is 419 g/mol. The number of allylic oxidation sites excluding steroid dienone is 1. The Bertz CT molecular complexity index is 545. The van der Waals surface area contributed by atoms with E-state index in [-0.39, 0.29) is 12.1 Å².